The number of benzene rings is 3. The van der Waals surface area contributed by atoms with Gasteiger partial charge in [0.15, 0.2) is 5.69 Å². The Balaban J connectivity index is 1.60. The Morgan fingerprint density at radius 1 is 1.03 bits per heavy atom. The Kier molecular flexibility index (Phi) is 6.64. The molecule has 0 radical (unpaired) electrons. The maximum Gasteiger partial charge on any atom is 0.330 e. The van der Waals surface area contributed by atoms with Crippen molar-refractivity contribution < 1.29 is 9.21 Å². The highest BCUT2D eigenvalue weighted by molar-refractivity contribution is 6.09. The van der Waals surface area contributed by atoms with Gasteiger partial charge in [-0.15, -0.1) is 0 Å². The van der Waals surface area contributed by atoms with Gasteiger partial charge in [-0.2, -0.15) is 0 Å². The van der Waals surface area contributed by atoms with E-state index >= 15 is 0 Å². The number of anilines is 2. The van der Waals surface area contributed by atoms with Crippen LogP contribution in [-0.2, 0) is 24.3 Å². The van der Waals surface area contributed by atoms with Gasteiger partial charge in [-0.05, 0) is 28.8 Å². The second-order valence-electron chi connectivity index (χ2n) is 9.06. The van der Waals surface area contributed by atoms with Crippen LogP contribution in [0.1, 0.15) is 30.9 Å². The van der Waals surface area contributed by atoms with Crippen LogP contribution in [0, 0.1) is 0 Å². The summed E-state index contributed by atoms with van der Waals surface area (Å²) in [5, 5.41) is 2.88. The fourth-order valence-corrected chi connectivity index (χ4v) is 4.70. The zero-order valence-electron chi connectivity index (χ0n) is 20.6. The third-order valence-electron chi connectivity index (χ3n) is 6.59. The number of nitrogen functional groups attached to an aromatic ring is 1. The SMILES string of the molecule is CCCCn1c(N)c(N(Cc2ccccc2)C(=O)Cc2coc3ccc4ccccc4c23)c(=O)[nH]c1=O. The molecular formula is C29H28N4O4. The summed E-state index contributed by atoms with van der Waals surface area (Å²) in [5.74, 6) is -0.355. The number of rotatable bonds is 8. The predicted molar refractivity (Wildman–Crippen MR) is 146 cm³/mol. The van der Waals surface area contributed by atoms with Crippen LogP contribution < -0.4 is 21.9 Å². The molecule has 0 aliphatic heterocycles. The molecule has 8 nitrogen and oxygen atoms in total. The number of furan rings is 1. The van der Waals surface area contributed by atoms with Crippen LogP contribution in [0.25, 0.3) is 21.7 Å². The summed E-state index contributed by atoms with van der Waals surface area (Å²) in [5.41, 5.74) is 7.30. The van der Waals surface area contributed by atoms with Crippen molar-refractivity contribution in [3.8, 4) is 0 Å². The first-order valence-corrected chi connectivity index (χ1v) is 12.3. The number of aromatic nitrogens is 2. The van der Waals surface area contributed by atoms with E-state index in [4.69, 9.17) is 10.2 Å². The quantitative estimate of drug-likeness (QED) is 0.326. The highest BCUT2D eigenvalue weighted by Gasteiger charge is 2.26. The van der Waals surface area contributed by atoms with E-state index in [-0.39, 0.29) is 30.4 Å². The summed E-state index contributed by atoms with van der Waals surface area (Å²) in [6, 6.07) is 21.1. The van der Waals surface area contributed by atoms with Gasteiger partial charge in [0, 0.05) is 17.5 Å². The van der Waals surface area contributed by atoms with Crippen LogP contribution in [0.4, 0.5) is 11.5 Å². The van der Waals surface area contributed by atoms with E-state index in [1.54, 1.807) is 6.26 Å². The number of aromatic amines is 1. The second-order valence-corrected chi connectivity index (χ2v) is 9.06. The normalized spacial score (nSPS) is 11.3. The Morgan fingerprint density at radius 3 is 2.57 bits per heavy atom. The maximum absolute atomic E-state index is 13.9. The van der Waals surface area contributed by atoms with Gasteiger partial charge in [0.25, 0.3) is 5.56 Å². The number of nitrogens with two attached hydrogens (primary N) is 1. The van der Waals surface area contributed by atoms with Gasteiger partial charge in [0.2, 0.25) is 5.91 Å². The van der Waals surface area contributed by atoms with Crippen molar-refractivity contribution in [2.75, 3.05) is 10.6 Å². The van der Waals surface area contributed by atoms with Gasteiger partial charge in [-0.25, -0.2) is 4.79 Å². The van der Waals surface area contributed by atoms with Gasteiger partial charge in [0.1, 0.15) is 11.4 Å². The molecule has 2 aromatic heterocycles. The van der Waals surface area contributed by atoms with Gasteiger partial charge in [-0.3, -0.25) is 24.0 Å². The summed E-state index contributed by atoms with van der Waals surface area (Å²) < 4.78 is 7.11. The van der Waals surface area contributed by atoms with Crippen molar-refractivity contribution in [3.05, 3.63) is 105 Å². The first kappa shape index (κ1) is 24.1. The second kappa shape index (κ2) is 10.2. The van der Waals surface area contributed by atoms with Crippen LogP contribution in [0.3, 0.4) is 0 Å². The largest absolute Gasteiger partial charge is 0.464 e. The molecule has 0 aliphatic carbocycles. The van der Waals surface area contributed by atoms with Crippen LogP contribution in [0.15, 0.2) is 87.0 Å². The molecule has 0 fully saturated rings. The van der Waals surface area contributed by atoms with Gasteiger partial charge in [-0.1, -0.05) is 74.0 Å². The summed E-state index contributed by atoms with van der Waals surface area (Å²) >= 11 is 0. The van der Waals surface area contributed by atoms with Crippen molar-refractivity contribution in [2.45, 2.75) is 39.3 Å². The molecule has 1 amide bonds. The van der Waals surface area contributed by atoms with Crippen LogP contribution in [-0.4, -0.2) is 15.5 Å². The minimum absolute atomic E-state index is 0.0131. The summed E-state index contributed by atoms with van der Waals surface area (Å²) in [4.78, 5) is 43.2. The minimum Gasteiger partial charge on any atom is -0.464 e. The molecule has 0 bridgehead atoms. The molecule has 0 unspecified atom stereocenters. The monoisotopic (exact) mass is 496 g/mol. The number of H-pyrrole nitrogens is 1. The molecule has 5 rings (SSSR count). The molecule has 3 aromatic carbocycles. The lowest BCUT2D eigenvalue weighted by Gasteiger charge is -2.25. The molecule has 3 N–H and O–H groups in total. The number of hydrogen-bond acceptors (Lipinski definition) is 5. The van der Waals surface area contributed by atoms with E-state index < -0.39 is 11.2 Å². The summed E-state index contributed by atoms with van der Waals surface area (Å²) in [7, 11) is 0. The van der Waals surface area contributed by atoms with Crippen molar-refractivity contribution >= 4 is 39.2 Å². The van der Waals surface area contributed by atoms with Crippen LogP contribution >= 0.6 is 0 Å². The number of hydrogen-bond donors (Lipinski definition) is 2. The highest BCUT2D eigenvalue weighted by Crippen LogP contribution is 2.31. The number of carbonyl (C=O) groups is 1. The molecule has 37 heavy (non-hydrogen) atoms. The zero-order valence-corrected chi connectivity index (χ0v) is 20.6. The third kappa shape index (κ3) is 4.65. The third-order valence-corrected chi connectivity index (χ3v) is 6.59. The van der Waals surface area contributed by atoms with Crippen molar-refractivity contribution in [1.82, 2.24) is 9.55 Å². The van der Waals surface area contributed by atoms with Crippen molar-refractivity contribution in [2.24, 2.45) is 0 Å². The number of carbonyl (C=O) groups excluding carboxylic acids is 1. The lowest BCUT2D eigenvalue weighted by molar-refractivity contribution is -0.118. The average Bonchev–Trinajstić information content (AvgIpc) is 3.31. The predicted octanol–water partition coefficient (Wildman–Crippen LogP) is 4.59. The molecule has 2 heterocycles. The summed E-state index contributed by atoms with van der Waals surface area (Å²) in [6.07, 6.45) is 3.12. The van der Waals surface area contributed by atoms with Gasteiger partial charge >= 0.3 is 5.69 Å². The molecule has 188 valence electrons. The fraction of sp³-hybridized carbons (Fsp3) is 0.207. The number of unbranched alkanes of at least 4 members (excludes halogenated alkanes) is 1. The number of amides is 1. The lowest BCUT2D eigenvalue weighted by Crippen LogP contribution is -2.41. The Labute approximate surface area is 212 Å². The Morgan fingerprint density at radius 2 is 1.78 bits per heavy atom. The highest BCUT2D eigenvalue weighted by atomic mass is 16.3. The first-order chi connectivity index (χ1) is 18.0. The molecule has 8 heteroatoms. The average molecular weight is 497 g/mol. The smallest absolute Gasteiger partial charge is 0.330 e. The summed E-state index contributed by atoms with van der Waals surface area (Å²) in [6.45, 7) is 2.46. The van der Waals surface area contributed by atoms with E-state index in [9.17, 15) is 14.4 Å². The van der Waals surface area contributed by atoms with E-state index in [1.807, 2.05) is 73.7 Å². The van der Waals surface area contributed by atoms with E-state index in [1.165, 1.54) is 9.47 Å². The van der Waals surface area contributed by atoms with Crippen LogP contribution in [0.5, 0.6) is 0 Å². The number of nitrogens with one attached hydrogen (secondary N) is 1. The zero-order chi connectivity index (χ0) is 25.9. The van der Waals surface area contributed by atoms with Crippen LogP contribution in [0.2, 0.25) is 0 Å². The first-order valence-electron chi connectivity index (χ1n) is 12.3. The van der Waals surface area contributed by atoms with E-state index in [0.717, 1.165) is 28.1 Å². The molecular weight excluding hydrogens is 468 g/mol. The van der Waals surface area contributed by atoms with Crippen molar-refractivity contribution in [1.29, 1.82) is 0 Å². The standard InChI is InChI=1S/C29H28N4O4/c1-2-3-15-32-27(30)26(28(35)31-29(32)36)33(17-19-9-5-4-6-10-19)24(34)16-21-18-37-23-14-13-20-11-7-8-12-22(20)25(21)23/h4-14,18H,2-3,15-17,30H2,1H3,(H,31,35,36). The van der Waals surface area contributed by atoms with Gasteiger partial charge < -0.3 is 10.2 Å². The van der Waals surface area contributed by atoms with E-state index in [2.05, 4.69) is 4.98 Å². The van der Waals surface area contributed by atoms with Crippen molar-refractivity contribution in [3.63, 3.8) is 0 Å². The Bertz CT molecular complexity index is 1700. The lowest BCUT2D eigenvalue weighted by atomic mass is 10.0. The molecule has 0 saturated carbocycles. The minimum atomic E-state index is -0.693. The Hall–Kier alpha value is -4.59. The van der Waals surface area contributed by atoms with E-state index in [0.29, 0.717) is 24.1 Å². The molecule has 0 saturated heterocycles. The molecule has 0 aliphatic rings. The fourth-order valence-electron chi connectivity index (χ4n) is 4.70. The molecule has 0 spiro atoms. The maximum atomic E-state index is 13.9. The molecule has 0 atom stereocenters. The topological polar surface area (TPSA) is 114 Å². The molecule has 5 aromatic rings. The number of nitrogens with zero attached hydrogens (tertiary/aromatic N) is 2. The number of fused-ring (bicyclic) bond motifs is 3. The van der Waals surface area contributed by atoms with Gasteiger partial charge in [0.05, 0.1) is 19.2 Å².